The van der Waals surface area contributed by atoms with Crippen LogP contribution in [-0.4, -0.2) is 32.4 Å². The summed E-state index contributed by atoms with van der Waals surface area (Å²) in [5, 5.41) is 2.57. The average Bonchev–Trinajstić information content (AvgIpc) is 2.34. The Labute approximate surface area is 111 Å². The molecule has 0 atom stereocenters. The Balaban J connectivity index is 2.65. The Morgan fingerprint density at radius 3 is 2.68 bits per heavy atom. The van der Waals surface area contributed by atoms with Gasteiger partial charge in [0.25, 0.3) is 0 Å². The summed E-state index contributed by atoms with van der Waals surface area (Å²) in [6, 6.07) is 1.10. The number of hydrogen-bond donors (Lipinski definition) is 3. The summed E-state index contributed by atoms with van der Waals surface area (Å²) >= 11 is 0. The van der Waals surface area contributed by atoms with E-state index in [1.165, 1.54) is 6.20 Å². The fraction of sp³-hybridized carbons (Fsp3) is 0.455. The smallest absolute Gasteiger partial charge is 0.246 e. The Kier molecular flexibility index (Phi) is 5.25. The molecular weight excluding hydrogens is 270 g/mol. The number of nitrogens with one attached hydrogen (secondary N) is 3. The van der Waals surface area contributed by atoms with E-state index in [9.17, 15) is 18.0 Å². The molecule has 0 aliphatic heterocycles. The van der Waals surface area contributed by atoms with Gasteiger partial charge in [0, 0.05) is 25.0 Å². The zero-order chi connectivity index (χ0) is 14.5. The molecule has 1 heterocycles. The molecule has 1 amide bonds. The summed E-state index contributed by atoms with van der Waals surface area (Å²) < 4.78 is 25.6. The van der Waals surface area contributed by atoms with E-state index in [4.69, 9.17) is 0 Å². The predicted molar refractivity (Wildman–Crippen MR) is 70.1 cm³/mol. The number of carbonyl (C=O) groups is 1. The molecule has 7 nitrogen and oxygen atoms in total. The second-order valence-corrected chi connectivity index (χ2v) is 6.13. The molecule has 0 aromatic carbocycles. The van der Waals surface area contributed by atoms with Gasteiger partial charge >= 0.3 is 0 Å². The molecule has 1 aromatic rings. The maximum absolute atomic E-state index is 11.8. The van der Waals surface area contributed by atoms with Crippen LogP contribution < -0.4 is 15.5 Å². The number of rotatable bonds is 6. The first kappa shape index (κ1) is 15.4. The zero-order valence-electron chi connectivity index (χ0n) is 10.8. The van der Waals surface area contributed by atoms with Gasteiger partial charge in [0.2, 0.25) is 21.4 Å². The van der Waals surface area contributed by atoms with E-state index < -0.39 is 32.8 Å². The van der Waals surface area contributed by atoms with Gasteiger partial charge < -0.3 is 10.3 Å². The van der Waals surface area contributed by atoms with Crippen molar-refractivity contribution in [2.75, 3.05) is 13.1 Å². The third-order valence-electron chi connectivity index (χ3n) is 2.21. The van der Waals surface area contributed by atoms with E-state index >= 15 is 0 Å². The Morgan fingerprint density at radius 2 is 2.11 bits per heavy atom. The molecule has 0 spiro atoms. The highest BCUT2D eigenvalue weighted by atomic mass is 32.2. The topological polar surface area (TPSA) is 108 Å². The van der Waals surface area contributed by atoms with Crippen LogP contribution in [0.2, 0.25) is 0 Å². The average molecular weight is 287 g/mol. The van der Waals surface area contributed by atoms with Crippen LogP contribution in [0.3, 0.4) is 0 Å². The van der Waals surface area contributed by atoms with Crippen molar-refractivity contribution in [3.8, 4) is 0 Å². The lowest BCUT2D eigenvalue weighted by atomic mass is 10.2. The highest BCUT2D eigenvalue weighted by molar-refractivity contribution is 7.89. The van der Waals surface area contributed by atoms with E-state index in [1.807, 2.05) is 13.8 Å². The van der Waals surface area contributed by atoms with E-state index in [0.717, 1.165) is 12.3 Å². The third kappa shape index (κ3) is 4.84. The molecule has 19 heavy (non-hydrogen) atoms. The van der Waals surface area contributed by atoms with Crippen LogP contribution >= 0.6 is 0 Å². The number of amides is 1. The summed E-state index contributed by atoms with van der Waals surface area (Å²) in [7, 11) is -3.98. The number of aromatic nitrogens is 1. The number of H-pyrrole nitrogens is 1. The van der Waals surface area contributed by atoms with Crippen LogP contribution in [0.15, 0.2) is 28.2 Å². The molecule has 0 radical (unpaired) electrons. The SMILES string of the molecule is CC(C)CNC(=O)CNS(=O)(=O)c1c[nH]ccc1=O. The lowest BCUT2D eigenvalue weighted by Crippen LogP contribution is -2.39. The minimum absolute atomic E-state index is 0.275. The van der Waals surface area contributed by atoms with Gasteiger partial charge in [-0.15, -0.1) is 0 Å². The van der Waals surface area contributed by atoms with Gasteiger partial charge in [-0.3, -0.25) is 9.59 Å². The summed E-state index contributed by atoms with van der Waals surface area (Å²) in [5.74, 6) is -0.165. The molecule has 0 aliphatic rings. The molecule has 0 fully saturated rings. The number of pyridine rings is 1. The molecule has 0 bridgehead atoms. The quantitative estimate of drug-likeness (QED) is 0.650. The molecule has 106 valence electrons. The minimum atomic E-state index is -3.98. The van der Waals surface area contributed by atoms with Crippen LogP contribution in [0, 0.1) is 5.92 Å². The molecule has 1 rings (SSSR count). The van der Waals surface area contributed by atoms with E-state index in [-0.39, 0.29) is 5.92 Å². The monoisotopic (exact) mass is 287 g/mol. The van der Waals surface area contributed by atoms with E-state index in [1.54, 1.807) is 0 Å². The fourth-order valence-electron chi connectivity index (χ4n) is 1.23. The van der Waals surface area contributed by atoms with Crippen LogP contribution in [-0.2, 0) is 14.8 Å². The largest absolute Gasteiger partial charge is 0.366 e. The second-order valence-electron chi connectivity index (χ2n) is 4.40. The summed E-state index contributed by atoms with van der Waals surface area (Å²) in [6.07, 6.45) is 2.41. The molecule has 0 saturated carbocycles. The molecular formula is C11H17N3O4S. The van der Waals surface area contributed by atoms with Crippen molar-refractivity contribution in [1.82, 2.24) is 15.0 Å². The molecule has 8 heteroatoms. The van der Waals surface area contributed by atoms with Gasteiger partial charge in [0.1, 0.15) is 4.90 Å². The normalized spacial score (nSPS) is 11.5. The summed E-state index contributed by atoms with van der Waals surface area (Å²) in [4.78, 5) is 24.9. The van der Waals surface area contributed by atoms with Crippen LogP contribution in [0.1, 0.15) is 13.8 Å². The Bertz CT molecular complexity index is 592. The molecule has 0 unspecified atom stereocenters. The highest BCUT2D eigenvalue weighted by Crippen LogP contribution is 1.98. The lowest BCUT2D eigenvalue weighted by Gasteiger charge is -2.08. The summed E-state index contributed by atoms with van der Waals surface area (Å²) in [5.41, 5.74) is -0.631. The number of carbonyl (C=O) groups excluding carboxylic acids is 1. The Hall–Kier alpha value is -1.67. The Morgan fingerprint density at radius 1 is 1.42 bits per heavy atom. The molecule has 3 N–H and O–H groups in total. The zero-order valence-corrected chi connectivity index (χ0v) is 11.6. The van der Waals surface area contributed by atoms with Crippen LogP contribution in [0.25, 0.3) is 0 Å². The predicted octanol–water partition coefficient (Wildman–Crippen LogP) is -0.575. The lowest BCUT2D eigenvalue weighted by molar-refractivity contribution is -0.120. The van der Waals surface area contributed by atoms with Gasteiger partial charge in [-0.25, -0.2) is 13.1 Å². The van der Waals surface area contributed by atoms with Gasteiger partial charge in [0.05, 0.1) is 6.54 Å². The van der Waals surface area contributed by atoms with E-state index in [0.29, 0.717) is 6.54 Å². The standard InChI is InChI=1S/C11H17N3O4S/c1-8(2)5-13-11(16)7-14-19(17,18)10-6-12-4-3-9(10)15/h3-4,6,8,14H,5,7H2,1-2H3,(H,12,15)(H,13,16). The van der Waals surface area contributed by atoms with Crippen molar-refractivity contribution in [3.05, 3.63) is 28.7 Å². The first-order chi connectivity index (χ1) is 8.83. The maximum atomic E-state index is 11.8. The first-order valence-electron chi connectivity index (χ1n) is 5.76. The van der Waals surface area contributed by atoms with Gasteiger partial charge in [-0.1, -0.05) is 13.8 Å². The van der Waals surface area contributed by atoms with Crippen molar-refractivity contribution in [2.24, 2.45) is 5.92 Å². The third-order valence-corrected chi connectivity index (χ3v) is 3.63. The van der Waals surface area contributed by atoms with Crippen LogP contribution in [0.4, 0.5) is 0 Å². The van der Waals surface area contributed by atoms with Gasteiger partial charge in [-0.05, 0) is 5.92 Å². The van der Waals surface area contributed by atoms with Crippen molar-refractivity contribution in [1.29, 1.82) is 0 Å². The van der Waals surface area contributed by atoms with Crippen molar-refractivity contribution < 1.29 is 13.2 Å². The van der Waals surface area contributed by atoms with Crippen molar-refractivity contribution in [2.45, 2.75) is 18.7 Å². The number of hydrogen-bond acceptors (Lipinski definition) is 4. The summed E-state index contributed by atoms with van der Waals surface area (Å²) in [6.45, 7) is 3.91. The van der Waals surface area contributed by atoms with Crippen LogP contribution in [0.5, 0.6) is 0 Å². The van der Waals surface area contributed by atoms with Crippen molar-refractivity contribution in [3.63, 3.8) is 0 Å². The number of aromatic amines is 1. The van der Waals surface area contributed by atoms with E-state index in [2.05, 4.69) is 15.0 Å². The molecule has 0 aliphatic carbocycles. The fourth-order valence-corrected chi connectivity index (χ4v) is 2.26. The molecule has 0 saturated heterocycles. The first-order valence-corrected chi connectivity index (χ1v) is 7.24. The minimum Gasteiger partial charge on any atom is -0.366 e. The van der Waals surface area contributed by atoms with Gasteiger partial charge in [0.15, 0.2) is 0 Å². The molecule has 1 aromatic heterocycles. The van der Waals surface area contributed by atoms with Gasteiger partial charge in [-0.2, -0.15) is 0 Å². The maximum Gasteiger partial charge on any atom is 0.246 e. The number of sulfonamides is 1. The van der Waals surface area contributed by atoms with Crippen molar-refractivity contribution >= 4 is 15.9 Å². The highest BCUT2D eigenvalue weighted by Gasteiger charge is 2.18. The second kappa shape index (κ2) is 6.48.